The highest BCUT2D eigenvalue weighted by Gasteiger charge is 2.09. The van der Waals surface area contributed by atoms with E-state index in [0.29, 0.717) is 5.69 Å². The van der Waals surface area contributed by atoms with Crippen molar-refractivity contribution in [3.8, 4) is 0 Å². The maximum atomic E-state index is 11.7. The molecule has 0 aromatic carbocycles. The number of rotatable bonds is 5. The summed E-state index contributed by atoms with van der Waals surface area (Å²) in [6.45, 7) is -0.234. The van der Waals surface area contributed by atoms with Crippen molar-refractivity contribution >= 4 is 11.9 Å². The molecule has 0 radical (unpaired) electrons. The third-order valence-electron chi connectivity index (χ3n) is 2.22. The Morgan fingerprint density at radius 1 is 1.45 bits per heavy atom. The number of carboxylic acids is 1. The monoisotopic (exact) mass is 278 g/mol. The van der Waals surface area contributed by atoms with Gasteiger partial charge in [0, 0.05) is 6.20 Å². The third kappa shape index (κ3) is 3.48. The molecule has 0 aliphatic heterocycles. The summed E-state index contributed by atoms with van der Waals surface area (Å²) < 4.78 is 1.14. The first-order valence-electron chi connectivity index (χ1n) is 5.48. The SMILES string of the molecule is O=C(O)Cn1cc(CNC(=O)c2c[nH]c(=O)cn2)nn1. The summed E-state index contributed by atoms with van der Waals surface area (Å²) in [6, 6.07) is 0. The second kappa shape index (κ2) is 5.73. The summed E-state index contributed by atoms with van der Waals surface area (Å²) in [4.78, 5) is 38.9. The minimum Gasteiger partial charge on any atom is -0.480 e. The predicted octanol–water partition coefficient (Wildman–Crippen LogP) is -1.62. The van der Waals surface area contributed by atoms with E-state index in [0.717, 1.165) is 10.9 Å². The zero-order chi connectivity index (χ0) is 14.5. The van der Waals surface area contributed by atoms with E-state index in [-0.39, 0.29) is 18.8 Å². The largest absolute Gasteiger partial charge is 0.480 e. The van der Waals surface area contributed by atoms with Crippen molar-refractivity contribution in [2.24, 2.45) is 0 Å². The van der Waals surface area contributed by atoms with Crippen LogP contribution >= 0.6 is 0 Å². The van der Waals surface area contributed by atoms with E-state index in [1.54, 1.807) is 0 Å². The molecule has 0 fully saturated rings. The number of carbonyl (C=O) groups is 2. The van der Waals surface area contributed by atoms with E-state index in [1.807, 2.05) is 0 Å². The van der Waals surface area contributed by atoms with Gasteiger partial charge in [0.05, 0.1) is 18.9 Å². The van der Waals surface area contributed by atoms with Crippen LogP contribution in [0, 0.1) is 0 Å². The number of nitrogens with one attached hydrogen (secondary N) is 2. The molecule has 2 aromatic heterocycles. The van der Waals surface area contributed by atoms with Crippen LogP contribution in [0.4, 0.5) is 0 Å². The van der Waals surface area contributed by atoms with Crippen molar-refractivity contribution in [1.29, 1.82) is 0 Å². The topological polar surface area (TPSA) is 143 Å². The summed E-state index contributed by atoms with van der Waals surface area (Å²) in [5.41, 5.74) is 0.0599. The van der Waals surface area contributed by atoms with Gasteiger partial charge in [0.1, 0.15) is 17.9 Å². The van der Waals surface area contributed by atoms with E-state index in [1.165, 1.54) is 12.4 Å². The molecule has 1 amide bonds. The lowest BCUT2D eigenvalue weighted by molar-refractivity contribution is -0.137. The van der Waals surface area contributed by atoms with Crippen LogP contribution in [0.15, 0.2) is 23.4 Å². The lowest BCUT2D eigenvalue weighted by Crippen LogP contribution is -2.25. The Bertz CT molecular complexity index is 671. The number of amides is 1. The smallest absolute Gasteiger partial charge is 0.325 e. The van der Waals surface area contributed by atoms with Crippen LogP contribution in [-0.4, -0.2) is 41.9 Å². The van der Waals surface area contributed by atoms with Gasteiger partial charge < -0.3 is 15.4 Å². The van der Waals surface area contributed by atoms with Crippen molar-refractivity contribution in [3.05, 3.63) is 40.3 Å². The molecule has 3 N–H and O–H groups in total. The lowest BCUT2D eigenvalue weighted by atomic mass is 10.4. The minimum atomic E-state index is -1.04. The highest BCUT2D eigenvalue weighted by Crippen LogP contribution is 1.94. The van der Waals surface area contributed by atoms with Gasteiger partial charge in [-0.15, -0.1) is 5.10 Å². The molecular formula is C10H10N6O4. The highest BCUT2D eigenvalue weighted by molar-refractivity contribution is 5.91. The Balaban J connectivity index is 1.93. The molecule has 0 saturated heterocycles. The molecule has 0 unspecified atom stereocenters. The molecule has 0 saturated carbocycles. The van der Waals surface area contributed by atoms with Gasteiger partial charge in [0.2, 0.25) is 0 Å². The number of hydrogen-bond acceptors (Lipinski definition) is 6. The average Bonchev–Trinajstić information content (AvgIpc) is 2.83. The van der Waals surface area contributed by atoms with Gasteiger partial charge >= 0.3 is 5.97 Å². The molecule has 0 spiro atoms. The molecule has 0 bridgehead atoms. The highest BCUT2D eigenvalue weighted by atomic mass is 16.4. The van der Waals surface area contributed by atoms with Gasteiger partial charge in [-0.05, 0) is 0 Å². The molecule has 20 heavy (non-hydrogen) atoms. The van der Waals surface area contributed by atoms with Crippen LogP contribution in [0.5, 0.6) is 0 Å². The van der Waals surface area contributed by atoms with Crippen LogP contribution in [0.25, 0.3) is 0 Å². The maximum Gasteiger partial charge on any atom is 0.325 e. The fourth-order valence-corrected chi connectivity index (χ4v) is 1.36. The summed E-state index contributed by atoms with van der Waals surface area (Å²) in [7, 11) is 0. The van der Waals surface area contributed by atoms with E-state index in [9.17, 15) is 14.4 Å². The molecular weight excluding hydrogens is 268 g/mol. The quantitative estimate of drug-likeness (QED) is 0.596. The van der Waals surface area contributed by atoms with Crippen molar-refractivity contribution < 1.29 is 14.7 Å². The van der Waals surface area contributed by atoms with Gasteiger partial charge in [-0.3, -0.25) is 14.4 Å². The fraction of sp³-hybridized carbons (Fsp3) is 0.200. The van der Waals surface area contributed by atoms with E-state index >= 15 is 0 Å². The summed E-state index contributed by atoms with van der Waals surface area (Å²) in [6.07, 6.45) is 3.60. The number of carboxylic acid groups (broad SMARTS) is 1. The molecule has 0 aliphatic carbocycles. The third-order valence-corrected chi connectivity index (χ3v) is 2.22. The van der Waals surface area contributed by atoms with Crippen molar-refractivity contribution in [2.45, 2.75) is 13.1 Å². The van der Waals surface area contributed by atoms with Crippen molar-refractivity contribution in [1.82, 2.24) is 30.3 Å². The van der Waals surface area contributed by atoms with Gasteiger partial charge in [-0.25, -0.2) is 9.67 Å². The Kier molecular flexibility index (Phi) is 3.84. The number of aromatic nitrogens is 5. The first-order chi connectivity index (χ1) is 9.54. The maximum absolute atomic E-state index is 11.7. The van der Waals surface area contributed by atoms with Gasteiger partial charge in [0.15, 0.2) is 0 Å². The number of nitrogens with zero attached hydrogens (tertiary/aromatic N) is 4. The van der Waals surface area contributed by atoms with Gasteiger partial charge in [-0.1, -0.05) is 5.21 Å². The van der Waals surface area contributed by atoms with E-state index < -0.39 is 17.4 Å². The predicted molar refractivity (Wildman–Crippen MR) is 63.7 cm³/mol. The number of H-pyrrole nitrogens is 1. The summed E-state index contributed by atoms with van der Waals surface area (Å²) >= 11 is 0. The fourth-order valence-electron chi connectivity index (χ4n) is 1.36. The zero-order valence-corrected chi connectivity index (χ0v) is 10.1. The Morgan fingerprint density at radius 2 is 2.25 bits per heavy atom. The lowest BCUT2D eigenvalue weighted by Gasteiger charge is -2.01. The summed E-state index contributed by atoms with van der Waals surface area (Å²) in [5, 5.41) is 18.4. The second-order valence-electron chi connectivity index (χ2n) is 3.78. The molecule has 2 rings (SSSR count). The standard InChI is InChI=1S/C10H10N6O4/c17-8-3-11-7(2-12-8)10(20)13-1-6-4-16(15-14-6)5-9(18)19/h2-4H,1,5H2,(H,12,17)(H,13,20)(H,18,19). The van der Waals surface area contributed by atoms with Gasteiger partial charge in [-0.2, -0.15) is 0 Å². The summed E-state index contributed by atoms with van der Waals surface area (Å²) in [5.74, 6) is -1.53. The number of aliphatic carboxylic acids is 1. The minimum absolute atomic E-state index is 0.0579. The van der Waals surface area contributed by atoms with Crippen molar-refractivity contribution in [2.75, 3.05) is 0 Å². The van der Waals surface area contributed by atoms with E-state index in [2.05, 4.69) is 25.6 Å². The zero-order valence-electron chi connectivity index (χ0n) is 10.1. The first-order valence-corrected chi connectivity index (χ1v) is 5.48. The molecule has 0 aliphatic rings. The van der Waals surface area contributed by atoms with Crippen LogP contribution in [0.3, 0.4) is 0 Å². The second-order valence-corrected chi connectivity index (χ2v) is 3.78. The Hall–Kier alpha value is -3.04. The molecule has 10 nitrogen and oxygen atoms in total. The molecule has 10 heteroatoms. The number of hydrogen-bond donors (Lipinski definition) is 3. The van der Waals surface area contributed by atoms with Gasteiger partial charge in [0.25, 0.3) is 11.5 Å². The molecule has 2 heterocycles. The first kappa shape index (κ1) is 13.4. The van der Waals surface area contributed by atoms with Crippen molar-refractivity contribution in [3.63, 3.8) is 0 Å². The number of carbonyl (C=O) groups excluding carboxylic acids is 1. The van der Waals surface area contributed by atoms with Crippen LogP contribution in [0.2, 0.25) is 0 Å². The number of aromatic amines is 1. The van der Waals surface area contributed by atoms with E-state index in [4.69, 9.17) is 5.11 Å². The van der Waals surface area contributed by atoms with Crippen LogP contribution in [-0.2, 0) is 17.9 Å². The molecule has 104 valence electrons. The van der Waals surface area contributed by atoms with Crippen LogP contribution < -0.4 is 10.9 Å². The average molecular weight is 278 g/mol. The Labute approximate surface area is 111 Å². The molecule has 2 aromatic rings. The Morgan fingerprint density at radius 3 is 2.90 bits per heavy atom. The van der Waals surface area contributed by atoms with Crippen LogP contribution in [0.1, 0.15) is 16.2 Å². The normalized spacial score (nSPS) is 10.2. The molecule has 0 atom stereocenters.